The van der Waals surface area contributed by atoms with Gasteiger partial charge in [-0.1, -0.05) is 28.5 Å². The molecule has 0 saturated heterocycles. The van der Waals surface area contributed by atoms with E-state index in [0.717, 1.165) is 20.3 Å². The lowest BCUT2D eigenvalue weighted by Crippen LogP contribution is -1.78. The molecule has 0 saturated carbocycles. The summed E-state index contributed by atoms with van der Waals surface area (Å²) in [4.78, 5) is 4.57. The largest absolute Gasteiger partial charge is 0.461 e. The van der Waals surface area contributed by atoms with Gasteiger partial charge in [0, 0.05) is 16.8 Å². The monoisotopic (exact) mass is 348 g/mol. The van der Waals surface area contributed by atoms with Crippen LogP contribution in [0.15, 0.2) is 55.9 Å². The Balaban J connectivity index is 1.49. The summed E-state index contributed by atoms with van der Waals surface area (Å²) in [6.07, 6.45) is 1.61. The second-order valence-corrected chi connectivity index (χ2v) is 7.23. The number of rotatable bonds is 4. The van der Waals surface area contributed by atoms with Crippen molar-refractivity contribution in [1.82, 2.24) is 10.1 Å². The Labute approximate surface area is 139 Å². The van der Waals surface area contributed by atoms with E-state index in [2.05, 4.69) is 10.1 Å². The Morgan fingerprint density at radius 1 is 1.18 bits per heavy atom. The van der Waals surface area contributed by atoms with Crippen molar-refractivity contribution in [1.29, 1.82) is 0 Å². The molecule has 0 aliphatic carbocycles. The topological polar surface area (TPSA) is 52.1 Å². The molecule has 22 heavy (non-hydrogen) atoms. The first-order chi connectivity index (χ1) is 10.8. The summed E-state index contributed by atoms with van der Waals surface area (Å²) in [5.41, 5.74) is 1.78. The molecule has 0 bridgehead atoms. The summed E-state index contributed by atoms with van der Waals surface area (Å²) in [6.45, 7) is 0. The number of thiazole rings is 1. The lowest BCUT2D eigenvalue weighted by molar-refractivity contribution is 0.413. The summed E-state index contributed by atoms with van der Waals surface area (Å²) in [6, 6.07) is 11.3. The van der Waals surface area contributed by atoms with E-state index in [1.54, 1.807) is 29.4 Å². The quantitative estimate of drug-likeness (QED) is 0.456. The fourth-order valence-corrected chi connectivity index (χ4v) is 4.09. The normalized spacial score (nSPS) is 11.3. The number of nitrogens with zero attached hydrogens (tertiary/aromatic N) is 2. The average Bonchev–Trinajstić information content (AvgIpc) is 3.24. The maximum Gasteiger partial charge on any atom is 0.202 e. The molecule has 4 rings (SSSR count). The molecular weight excluding hydrogens is 340 g/mol. The Hall–Kier alpha value is -1.76. The zero-order chi connectivity index (χ0) is 14.9. The Morgan fingerprint density at radius 2 is 2.14 bits per heavy atom. The molecule has 0 radical (unpaired) electrons. The van der Waals surface area contributed by atoms with Crippen molar-refractivity contribution >= 4 is 44.9 Å². The highest BCUT2D eigenvalue weighted by Crippen LogP contribution is 2.33. The predicted octanol–water partition coefficient (Wildman–Crippen LogP) is 5.49. The van der Waals surface area contributed by atoms with E-state index in [4.69, 9.17) is 20.5 Å². The highest BCUT2D eigenvalue weighted by molar-refractivity contribution is 8.00. The maximum atomic E-state index is 5.98. The van der Waals surface area contributed by atoms with E-state index < -0.39 is 0 Å². The number of hydrogen-bond acceptors (Lipinski definition) is 6. The van der Waals surface area contributed by atoms with Crippen molar-refractivity contribution in [2.45, 2.75) is 10.1 Å². The fourth-order valence-electron chi connectivity index (χ4n) is 1.99. The molecule has 0 N–H and O–H groups in total. The van der Waals surface area contributed by atoms with E-state index in [0.29, 0.717) is 22.3 Å². The summed E-state index contributed by atoms with van der Waals surface area (Å²) < 4.78 is 12.7. The smallest absolute Gasteiger partial charge is 0.202 e. The molecule has 7 heteroatoms. The van der Waals surface area contributed by atoms with Crippen LogP contribution >= 0.6 is 34.7 Å². The van der Waals surface area contributed by atoms with Gasteiger partial charge in [0.1, 0.15) is 0 Å². The summed E-state index contributed by atoms with van der Waals surface area (Å²) >= 11 is 9.25. The number of benzene rings is 1. The number of hydrogen-bond donors (Lipinski definition) is 0. The highest BCUT2D eigenvalue weighted by Gasteiger charge is 2.11. The van der Waals surface area contributed by atoms with Gasteiger partial charge in [0.05, 0.1) is 22.2 Å². The van der Waals surface area contributed by atoms with Gasteiger partial charge in [0.2, 0.25) is 5.76 Å². The Kier molecular flexibility index (Phi) is 3.65. The lowest BCUT2D eigenvalue weighted by atomic mass is 10.3. The van der Waals surface area contributed by atoms with E-state index in [1.165, 1.54) is 0 Å². The van der Waals surface area contributed by atoms with Crippen molar-refractivity contribution in [2.24, 2.45) is 0 Å². The number of furan rings is 1. The van der Waals surface area contributed by atoms with Crippen molar-refractivity contribution in [3.05, 3.63) is 53.4 Å². The fraction of sp³-hybridized carbons (Fsp3) is 0.0667. The third kappa shape index (κ3) is 2.77. The first kappa shape index (κ1) is 13.9. The van der Waals surface area contributed by atoms with Crippen LogP contribution in [-0.4, -0.2) is 10.1 Å². The van der Waals surface area contributed by atoms with Crippen molar-refractivity contribution in [3.63, 3.8) is 0 Å². The predicted molar refractivity (Wildman–Crippen MR) is 88.4 cm³/mol. The molecule has 1 aromatic carbocycles. The van der Waals surface area contributed by atoms with E-state index >= 15 is 0 Å². The number of thioether (sulfide) groups is 1. The second kappa shape index (κ2) is 5.79. The maximum absolute atomic E-state index is 5.98. The van der Waals surface area contributed by atoms with Crippen LogP contribution in [0.25, 0.3) is 21.7 Å². The van der Waals surface area contributed by atoms with Crippen molar-refractivity contribution < 1.29 is 8.94 Å². The summed E-state index contributed by atoms with van der Waals surface area (Å²) in [5, 5.41) is 4.76. The molecule has 0 amide bonds. The van der Waals surface area contributed by atoms with Gasteiger partial charge in [-0.25, -0.2) is 4.98 Å². The van der Waals surface area contributed by atoms with Crippen LogP contribution in [0.2, 0.25) is 5.02 Å². The van der Waals surface area contributed by atoms with Crippen LogP contribution in [0.1, 0.15) is 5.69 Å². The molecule has 0 atom stereocenters. The lowest BCUT2D eigenvalue weighted by Gasteiger charge is -1.90. The average molecular weight is 349 g/mol. The van der Waals surface area contributed by atoms with Gasteiger partial charge in [-0.15, -0.1) is 11.3 Å². The van der Waals surface area contributed by atoms with Gasteiger partial charge in [0.15, 0.2) is 10.1 Å². The SMILES string of the molecule is Clc1ccc2sc(SCc3cc(-c4ccco4)on3)nc2c1. The minimum atomic E-state index is 0.636. The molecule has 3 heterocycles. The zero-order valence-corrected chi connectivity index (χ0v) is 13.5. The first-order valence-corrected chi connectivity index (χ1v) is 8.64. The van der Waals surface area contributed by atoms with Crippen LogP contribution in [0.3, 0.4) is 0 Å². The molecule has 0 fully saturated rings. The first-order valence-electron chi connectivity index (χ1n) is 6.46. The van der Waals surface area contributed by atoms with Gasteiger partial charge in [-0.2, -0.15) is 0 Å². The van der Waals surface area contributed by atoms with Gasteiger partial charge in [0.25, 0.3) is 0 Å². The summed E-state index contributed by atoms with van der Waals surface area (Å²) in [5.74, 6) is 2.01. The Bertz CT molecular complexity index is 915. The molecule has 0 spiro atoms. The number of aromatic nitrogens is 2. The van der Waals surface area contributed by atoms with Gasteiger partial charge in [-0.3, -0.25) is 0 Å². The molecule has 4 nitrogen and oxygen atoms in total. The number of fused-ring (bicyclic) bond motifs is 1. The molecule has 3 aromatic heterocycles. The standard InChI is InChI=1S/C15H9ClN2O2S2/c16-9-3-4-14-11(6-9)17-15(22-14)21-8-10-7-13(20-18-10)12-2-1-5-19-12/h1-7H,8H2. The number of halogens is 1. The van der Waals surface area contributed by atoms with Gasteiger partial charge >= 0.3 is 0 Å². The Morgan fingerprint density at radius 3 is 3.00 bits per heavy atom. The van der Waals surface area contributed by atoms with E-state index in [9.17, 15) is 0 Å². The van der Waals surface area contributed by atoms with E-state index in [1.807, 2.05) is 36.4 Å². The van der Waals surface area contributed by atoms with Crippen LogP contribution in [-0.2, 0) is 5.75 Å². The zero-order valence-electron chi connectivity index (χ0n) is 11.2. The van der Waals surface area contributed by atoms with Crippen molar-refractivity contribution in [2.75, 3.05) is 0 Å². The molecule has 4 aromatic rings. The van der Waals surface area contributed by atoms with Crippen LogP contribution < -0.4 is 0 Å². The van der Waals surface area contributed by atoms with Crippen LogP contribution in [0, 0.1) is 0 Å². The minimum absolute atomic E-state index is 0.636. The van der Waals surface area contributed by atoms with Crippen molar-refractivity contribution in [3.8, 4) is 11.5 Å². The van der Waals surface area contributed by atoms with Gasteiger partial charge in [-0.05, 0) is 30.3 Å². The van der Waals surface area contributed by atoms with Gasteiger partial charge < -0.3 is 8.94 Å². The van der Waals surface area contributed by atoms with Crippen LogP contribution in [0.4, 0.5) is 0 Å². The highest BCUT2D eigenvalue weighted by atomic mass is 35.5. The minimum Gasteiger partial charge on any atom is -0.461 e. The second-order valence-electron chi connectivity index (χ2n) is 4.54. The molecular formula is C15H9ClN2O2S2. The molecule has 0 aliphatic rings. The third-order valence-corrected chi connectivity index (χ3v) is 5.44. The summed E-state index contributed by atoms with van der Waals surface area (Å²) in [7, 11) is 0. The molecule has 110 valence electrons. The van der Waals surface area contributed by atoms with E-state index in [-0.39, 0.29) is 0 Å². The third-order valence-electron chi connectivity index (χ3n) is 3.00. The van der Waals surface area contributed by atoms with Crippen LogP contribution in [0.5, 0.6) is 0 Å². The molecule has 0 aliphatic heterocycles. The molecule has 0 unspecified atom stereocenters.